The van der Waals surface area contributed by atoms with Crippen molar-refractivity contribution < 1.29 is 14.3 Å². The molecule has 3 nitrogen and oxygen atoms in total. The van der Waals surface area contributed by atoms with E-state index in [-0.39, 0.29) is 11.5 Å². The average molecular weight is 237 g/mol. The minimum absolute atomic E-state index is 0.0481. The first-order valence-electron chi connectivity index (χ1n) is 5.86. The third kappa shape index (κ3) is 2.82. The van der Waals surface area contributed by atoms with E-state index in [2.05, 4.69) is 5.32 Å². The first-order chi connectivity index (χ1) is 8.18. The minimum atomic E-state index is -0.986. The Hall–Kier alpha value is -1.42. The third-order valence-corrected chi connectivity index (χ3v) is 3.27. The van der Waals surface area contributed by atoms with Crippen LogP contribution in [-0.2, 0) is 0 Å². The quantitative estimate of drug-likeness (QED) is 0.848. The van der Waals surface area contributed by atoms with E-state index in [1.165, 1.54) is 12.1 Å². The Morgan fingerprint density at radius 3 is 2.41 bits per heavy atom. The van der Waals surface area contributed by atoms with Gasteiger partial charge in [0.25, 0.3) is 0 Å². The molecule has 0 aliphatic carbocycles. The van der Waals surface area contributed by atoms with Gasteiger partial charge < -0.3 is 10.4 Å². The molecule has 0 amide bonds. The molecule has 1 aromatic rings. The number of rotatable bonds is 3. The van der Waals surface area contributed by atoms with Crippen LogP contribution in [0.15, 0.2) is 24.3 Å². The molecule has 0 saturated carbocycles. The summed E-state index contributed by atoms with van der Waals surface area (Å²) in [5.74, 6) is -0.930. The summed E-state index contributed by atoms with van der Waals surface area (Å²) in [6, 6.07) is 6.09. The largest absolute Gasteiger partial charge is 0.478 e. The van der Waals surface area contributed by atoms with Crippen LogP contribution in [0.4, 0.5) is 4.39 Å². The summed E-state index contributed by atoms with van der Waals surface area (Å²) >= 11 is 0. The van der Waals surface area contributed by atoms with Crippen molar-refractivity contribution >= 4 is 5.97 Å². The first kappa shape index (κ1) is 12.0. The van der Waals surface area contributed by atoms with Gasteiger partial charge in [0.05, 0.1) is 5.56 Å². The number of hydrogen-bond donors (Lipinski definition) is 2. The number of nitrogens with one attached hydrogen (secondary N) is 1. The Labute approximate surface area is 99.7 Å². The van der Waals surface area contributed by atoms with Crippen LogP contribution < -0.4 is 5.32 Å². The lowest BCUT2D eigenvalue weighted by Crippen LogP contribution is -2.29. The minimum Gasteiger partial charge on any atom is -0.478 e. The first-order valence-corrected chi connectivity index (χ1v) is 5.86. The molecule has 1 fully saturated rings. The van der Waals surface area contributed by atoms with Gasteiger partial charge in [-0.2, -0.15) is 0 Å². The molecular formula is C13H16FNO2. The standard InChI is InChI=1S/C13H16FNO2/c14-12(10-5-7-15-8-6-10)9-1-3-11(4-2-9)13(16)17/h1-4,10,12,15H,5-8H2,(H,16,17). The summed E-state index contributed by atoms with van der Waals surface area (Å²) in [5, 5.41) is 12.0. The van der Waals surface area contributed by atoms with Gasteiger partial charge in [0.2, 0.25) is 0 Å². The van der Waals surface area contributed by atoms with Crippen LogP contribution >= 0.6 is 0 Å². The van der Waals surface area contributed by atoms with E-state index < -0.39 is 12.1 Å². The van der Waals surface area contributed by atoms with Crippen LogP contribution in [0.2, 0.25) is 0 Å². The van der Waals surface area contributed by atoms with E-state index in [9.17, 15) is 9.18 Å². The van der Waals surface area contributed by atoms with Crippen LogP contribution in [-0.4, -0.2) is 24.2 Å². The maximum absolute atomic E-state index is 14.2. The molecule has 92 valence electrons. The maximum Gasteiger partial charge on any atom is 0.335 e. The molecule has 1 heterocycles. The second-order valence-corrected chi connectivity index (χ2v) is 4.42. The van der Waals surface area contributed by atoms with Crippen molar-refractivity contribution in [3.63, 3.8) is 0 Å². The van der Waals surface area contributed by atoms with Gasteiger partial charge in [0, 0.05) is 0 Å². The van der Waals surface area contributed by atoms with Crippen molar-refractivity contribution in [3.8, 4) is 0 Å². The summed E-state index contributed by atoms with van der Waals surface area (Å²) in [6.45, 7) is 1.72. The fourth-order valence-corrected chi connectivity index (χ4v) is 2.22. The van der Waals surface area contributed by atoms with E-state index in [0.29, 0.717) is 5.56 Å². The molecule has 0 spiro atoms. The molecule has 1 unspecified atom stereocenters. The molecule has 0 bridgehead atoms. The highest BCUT2D eigenvalue weighted by Gasteiger charge is 2.24. The summed E-state index contributed by atoms with van der Waals surface area (Å²) in [4.78, 5) is 10.7. The number of carbonyl (C=O) groups is 1. The van der Waals surface area contributed by atoms with Crippen molar-refractivity contribution in [2.24, 2.45) is 5.92 Å². The maximum atomic E-state index is 14.2. The van der Waals surface area contributed by atoms with E-state index in [1.807, 2.05) is 0 Å². The number of carboxylic acids is 1. The van der Waals surface area contributed by atoms with Crippen LogP contribution in [0.3, 0.4) is 0 Å². The normalized spacial score (nSPS) is 18.9. The Morgan fingerprint density at radius 2 is 1.88 bits per heavy atom. The van der Waals surface area contributed by atoms with Gasteiger partial charge in [0.1, 0.15) is 6.17 Å². The Balaban J connectivity index is 2.07. The highest BCUT2D eigenvalue weighted by Crippen LogP contribution is 2.32. The SMILES string of the molecule is O=C(O)c1ccc(C(F)C2CCNCC2)cc1. The number of piperidine rings is 1. The third-order valence-electron chi connectivity index (χ3n) is 3.27. The molecule has 1 aliphatic heterocycles. The molecule has 1 saturated heterocycles. The number of alkyl halides is 1. The van der Waals surface area contributed by atoms with E-state index in [0.717, 1.165) is 25.9 Å². The molecule has 0 radical (unpaired) electrons. The molecule has 2 N–H and O–H groups in total. The van der Waals surface area contributed by atoms with Crippen molar-refractivity contribution in [2.75, 3.05) is 13.1 Å². The monoisotopic (exact) mass is 237 g/mol. The zero-order valence-electron chi connectivity index (χ0n) is 9.53. The summed E-state index contributed by atoms with van der Waals surface area (Å²) in [7, 11) is 0. The molecular weight excluding hydrogens is 221 g/mol. The molecule has 2 rings (SSSR count). The van der Waals surface area contributed by atoms with Gasteiger partial charge in [-0.25, -0.2) is 9.18 Å². The van der Waals surface area contributed by atoms with Gasteiger partial charge in [-0.1, -0.05) is 12.1 Å². The number of carboxylic acid groups (broad SMARTS) is 1. The second kappa shape index (κ2) is 5.27. The molecule has 17 heavy (non-hydrogen) atoms. The number of hydrogen-bond acceptors (Lipinski definition) is 2. The van der Waals surface area contributed by atoms with Crippen LogP contribution in [0, 0.1) is 5.92 Å². The van der Waals surface area contributed by atoms with Crippen molar-refractivity contribution in [2.45, 2.75) is 19.0 Å². The highest BCUT2D eigenvalue weighted by atomic mass is 19.1. The van der Waals surface area contributed by atoms with Crippen molar-refractivity contribution in [1.29, 1.82) is 0 Å². The predicted octanol–water partition coefficient (Wildman–Crippen LogP) is 2.40. The molecule has 1 aliphatic rings. The summed E-state index contributed by atoms with van der Waals surface area (Å²) < 4.78 is 14.2. The number of halogens is 1. The van der Waals surface area contributed by atoms with Crippen LogP contribution in [0.5, 0.6) is 0 Å². The molecule has 1 atom stereocenters. The summed E-state index contributed by atoms with van der Waals surface area (Å²) in [5.41, 5.74) is 0.785. The van der Waals surface area contributed by atoms with Crippen LogP contribution in [0.1, 0.15) is 34.9 Å². The number of benzene rings is 1. The summed E-state index contributed by atoms with van der Waals surface area (Å²) in [6.07, 6.45) is 0.684. The fraction of sp³-hybridized carbons (Fsp3) is 0.462. The van der Waals surface area contributed by atoms with Gasteiger partial charge in [-0.3, -0.25) is 0 Å². The van der Waals surface area contributed by atoms with E-state index >= 15 is 0 Å². The average Bonchev–Trinajstić information content (AvgIpc) is 2.39. The van der Waals surface area contributed by atoms with Gasteiger partial charge in [-0.05, 0) is 49.5 Å². The zero-order valence-corrected chi connectivity index (χ0v) is 9.53. The molecule has 0 aromatic heterocycles. The van der Waals surface area contributed by atoms with Crippen molar-refractivity contribution in [3.05, 3.63) is 35.4 Å². The van der Waals surface area contributed by atoms with E-state index in [1.54, 1.807) is 12.1 Å². The molecule has 1 aromatic carbocycles. The lowest BCUT2D eigenvalue weighted by atomic mass is 9.89. The topological polar surface area (TPSA) is 49.3 Å². The Morgan fingerprint density at radius 1 is 1.29 bits per heavy atom. The Kier molecular flexibility index (Phi) is 3.74. The fourth-order valence-electron chi connectivity index (χ4n) is 2.22. The van der Waals surface area contributed by atoms with Gasteiger partial charge >= 0.3 is 5.97 Å². The van der Waals surface area contributed by atoms with E-state index in [4.69, 9.17) is 5.11 Å². The Bertz CT molecular complexity index is 385. The van der Waals surface area contributed by atoms with Gasteiger partial charge in [0.15, 0.2) is 0 Å². The van der Waals surface area contributed by atoms with Gasteiger partial charge in [-0.15, -0.1) is 0 Å². The predicted molar refractivity (Wildman–Crippen MR) is 62.8 cm³/mol. The number of aromatic carboxylic acids is 1. The van der Waals surface area contributed by atoms with Crippen molar-refractivity contribution in [1.82, 2.24) is 5.32 Å². The lowest BCUT2D eigenvalue weighted by Gasteiger charge is -2.25. The highest BCUT2D eigenvalue weighted by molar-refractivity contribution is 5.87. The zero-order chi connectivity index (χ0) is 12.3. The smallest absolute Gasteiger partial charge is 0.335 e. The molecule has 4 heteroatoms. The second-order valence-electron chi connectivity index (χ2n) is 4.42. The lowest BCUT2D eigenvalue weighted by molar-refractivity contribution is 0.0696. The van der Waals surface area contributed by atoms with Crippen LogP contribution in [0.25, 0.3) is 0 Å².